The molecule has 0 spiro atoms. The summed E-state index contributed by atoms with van der Waals surface area (Å²) in [6.07, 6.45) is 1.87. The van der Waals surface area contributed by atoms with Crippen LogP contribution in [0.15, 0.2) is 54.6 Å². The van der Waals surface area contributed by atoms with Crippen LogP contribution in [0.3, 0.4) is 0 Å². The summed E-state index contributed by atoms with van der Waals surface area (Å²) < 4.78 is 5.10. The van der Waals surface area contributed by atoms with Crippen molar-refractivity contribution in [1.29, 1.82) is 5.26 Å². The Bertz CT molecular complexity index is 577. The van der Waals surface area contributed by atoms with Gasteiger partial charge in [0.25, 0.3) is 0 Å². The molecule has 0 aliphatic heterocycles. The normalized spacial score (nSPS) is 10.8. The Morgan fingerprint density at radius 2 is 1.72 bits per heavy atom. The summed E-state index contributed by atoms with van der Waals surface area (Å²) in [5, 5.41) is 9.20. The number of allylic oxidation sites excluding steroid dienone is 1. The first-order chi connectivity index (χ1) is 8.83. The lowest BCUT2D eigenvalue weighted by Gasteiger charge is -2.01. The first-order valence-electron chi connectivity index (χ1n) is 5.65. The van der Waals surface area contributed by atoms with Gasteiger partial charge in [0.05, 0.1) is 18.8 Å². The number of hydrogen-bond donors (Lipinski definition) is 0. The van der Waals surface area contributed by atoms with Crippen LogP contribution in [0.4, 0.5) is 0 Å². The van der Waals surface area contributed by atoms with Crippen molar-refractivity contribution in [3.63, 3.8) is 0 Å². The highest BCUT2D eigenvalue weighted by Gasteiger charge is 2.00. The van der Waals surface area contributed by atoms with Crippen LogP contribution < -0.4 is 4.74 Å². The maximum Gasteiger partial charge on any atom is 0.118 e. The molecule has 2 nitrogen and oxygen atoms in total. The summed E-state index contributed by atoms with van der Waals surface area (Å²) in [5.41, 5.74) is 2.56. The van der Waals surface area contributed by atoms with E-state index in [9.17, 15) is 5.26 Å². The molecule has 2 aromatic carbocycles. The molecule has 2 rings (SSSR count). The van der Waals surface area contributed by atoms with E-state index < -0.39 is 0 Å². The van der Waals surface area contributed by atoms with Gasteiger partial charge in [0.15, 0.2) is 0 Å². The Balaban J connectivity index is 2.33. The van der Waals surface area contributed by atoms with Gasteiger partial charge in [-0.25, -0.2) is 0 Å². The first kappa shape index (κ1) is 11.9. The molecule has 0 unspecified atom stereocenters. The fraction of sp³-hybridized carbons (Fsp3) is 0.0625. The summed E-state index contributed by atoms with van der Waals surface area (Å²) in [4.78, 5) is 0. The van der Waals surface area contributed by atoms with Crippen molar-refractivity contribution in [2.45, 2.75) is 0 Å². The number of benzene rings is 2. The lowest BCUT2D eigenvalue weighted by atomic mass is 10.0. The van der Waals surface area contributed by atoms with Gasteiger partial charge in [-0.15, -0.1) is 0 Å². The maximum atomic E-state index is 9.20. The molecule has 0 saturated carbocycles. The lowest BCUT2D eigenvalue weighted by Crippen LogP contribution is -1.83. The summed E-state index contributed by atoms with van der Waals surface area (Å²) >= 11 is 0. The van der Waals surface area contributed by atoms with E-state index in [1.807, 2.05) is 60.7 Å². The summed E-state index contributed by atoms with van der Waals surface area (Å²) in [6, 6.07) is 19.5. The quantitative estimate of drug-likeness (QED) is 0.599. The second kappa shape index (κ2) is 5.70. The van der Waals surface area contributed by atoms with Crippen molar-refractivity contribution < 1.29 is 4.74 Å². The minimum absolute atomic E-state index is 0.653. The average molecular weight is 235 g/mol. The van der Waals surface area contributed by atoms with Crippen LogP contribution in [0.5, 0.6) is 5.75 Å². The summed E-state index contributed by atoms with van der Waals surface area (Å²) in [7, 11) is 1.63. The highest BCUT2D eigenvalue weighted by molar-refractivity contribution is 5.89. The van der Waals surface area contributed by atoms with Crippen molar-refractivity contribution in [2.24, 2.45) is 0 Å². The third-order valence-corrected chi connectivity index (χ3v) is 2.63. The van der Waals surface area contributed by atoms with Gasteiger partial charge in [-0.2, -0.15) is 5.26 Å². The lowest BCUT2D eigenvalue weighted by molar-refractivity contribution is 0.415. The number of rotatable bonds is 3. The highest BCUT2D eigenvalue weighted by Crippen LogP contribution is 2.19. The van der Waals surface area contributed by atoms with Gasteiger partial charge in [0, 0.05) is 0 Å². The molecular formula is C16H13NO. The van der Waals surface area contributed by atoms with Crippen LogP contribution in [0.25, 0.3) is 11.6 Å². The number of methoxy groups -OCH3 is 1. The van der Waals surface area contributed by atoms with E-state index in [4.69, 9.17) is 4.74 Å². The molecule has 0 fully saturated rings. The first-order valence-corrected chi connectivity index (χ1v) is 5.65. The van der Waals surface area contributed by atoms with Crippen LogP contribution in [0, 0.1) is 11.3 Å². The Kier molecular flexibility index (Phi) is 3.78. The average Bonchev–Trinajstić information content (AvgIpc) is 2.46. The second-order valence-electron chi connectivity index (χ2n) is 3.81. The van der Waals surface area contributed by atoms with Gasteiger partial charge >= 0.3 is 0 Å². The zero-order valence-electron chi connectivity index (χ0n) is 10.1. The second-order valence-corrected chi connectivity index (χ2v) is 3.81. The van der Waals surface area contributed by atoms with E-state index in [-0.39, 0.29) is 0 Å². The number of hydrogen-bond acceptors (Lipinski definition) is 2. The molecule has 2 heteroatoms. The smallest absolute Gasteiger partial charge is 0.118 e. The molecule has 0 N–H and O–H groups in total. The third-order valence-electron chi connectivity index (χ3n) is 2.63. The van der Waals surface area contributed by atoms with Gasteiger partial charge in [0.2, 0.25) is 0 Å². The predicted octanol–water partition coefficient (Wildman–Crippen LogP) is 3.76. The fourth-order valence-corrected chi connectivity index (χ4v) is 1.66. The Morgan fingerprint density at radius 3 is 2.28 bits per heavy atom. The molecule has 0 saturated heterocycles. The molecule has 2 aromatic rings. The standard InChI is InChI=1S/C16H13NO/c1-18-16-9-7-13(8-10-16)11-15(12-17)14-5-3-2-4-6-14/h2-11H,1H3/b15-11-. The van der Waals surface area contributed by atoms with Gasteiger partial charge in [-0.3, -0.25) is 0 Å². The van der Waals surface area contributed by atoms with E-state index in [0.717, 1.165) is 16.9 Å². The minimum Gasteiger partial charge on any atom is -0.497 e. The van der Waals surface area contributed by atoms with E-state index in [1.165, 1.54) is 0 Å². The van der Waals surface area contributed by atoms with Gasteiger partial charge in [0.1, 0.15) is 5.75 Å². The Labute approximate surface area is 107 Å². The fourth-order valence-electron chi connectivity index (χ4n) is 1.66. The molecular weight excluding hydrogens is 222 g/mol. The molecule has 0 heterocycles. The molecule has 0 aliphatic rings. The van der Waals surface area contributed by atoms with E-state index >= 15 is 0 Å². The largest absolute Gasteiger partial charge is 0.497 e. The van der Waals surface area contributed by atoms with Crippen molar-refractivity contribution in [3.8, 4) is 11.8 Å². The topological polar surface area (TPSA) is 33.0 Å². The molecule has 0 aliphatic carbocycles. The highest BCUT2D eigenvalue weighted by atomic mass is 16.5. The van der Waals surface area contributed by atoms with Crippen LogP contribution in [-0.2, 0) is 0 Å². The third kappa shape index (κ3) is 2.78. The van der Waals surface area contributed by atoms with Gasteiger partial charge in [-0.05, 0) is 29.3 Å². The SMILES string of the molecule is COc1ccc(/C=C(/C#N)c2ccccc2)cc1. The van der Waals surface area contributed by atoms with E-state index in [0.29, 0.717) is 5.57 Å². The molecule has 0 amide bonds. The molecule has 0 radical (unpaired) electrons. The Hall–Kier alpha value is -2.53. The zero-order chi connectivity index (χ0) is 12.8. The van der Waals surface area contributed by atoms with Gasteiger partial charge in [-0.1, -0.05) is 42.5 Å². The molecule has 0 bridgehead atoms. The zero-order valence-corrected chi connectivity index (χ0v) is 10.1. The molecule has 88 valence electrons. The van der Waals surface area contributed by atoms with Crippen LogP contribution in [0.2, 0.25) is 0 Å². The molecule has 18 heavy (non-hydrogen) atoms. The van der Waals surface area contributed by atoms with Crippen LogP contribution in [-0.4, -0.2) is 7.11 Å². The summed E-state index contributed by atoms with van der Waals surface area (Å²) in [5.74, 6) is 0.811. The van der Waals surface area contributed by atoms with Gasteiger partial charge < -0.3 is 4.74 Å². The Morgan fingerprint density at radius 1 is 1.06 bits per heavy atom. The predicted molar refractivity (Wildman–Crippen MR) is 72.9 cm³/mol. The molecule has 0 aromatic heterocycles. The molecule has 0 atom stereocenters. The van der Waals surface area contributed by atoms with Crippen molar-refractivity contribution in [1.82, 2.24) is 0 Å². The van der Waals surface area contributed by atoms with Crippen molar-refractivity contribution in [3.05, 3.63) is 65.7 Å². The van der Waals surface area contributed by atoms with E-state index in [1.54, 1.807) is 7.11 Å². The van der Waals surface area contributed by atoms with Crippen molar-refractivity contribution >= 4 is 11.6 Å². The number of nitriles is 1. The van der Waals surface area contributed by atoms with Crippen molar-refractivity contribution in [2.75, 3.05) is 7.11 Å². The van der Waals surface area contributed by atoms with Crippen LogP contribution >= 0.6 is 0 Å². The maximum absolute atomic E-state index is 9.20. The number of ether oxygens (including phenoxy) is 1. The number of nitrogens with zero attached hydrogens (tertiary/aromatic N) is 1. The monoisotopic (exact) mass is 235 g/mol. The minimum atomic E-state index is 0.653. The summed E-state index contributed by atoms with van der Waals surface area (Å²) in [6.45, 7) is 0. The van der Waals surface area contributed by atoms with Crippen LogP contribution in [0.1, 0.15) is 11.1 Å². The van der Waals surface area contributed by atoms with E-state index in [2.05, 4.69) is 6.07 Å².